The highest BCUT2D eigenvalue weighted by Crippen LogP contribution is 2.34. The SMILES string of the molecule is O=C(NC1CCn2nc(-c3ccnc(C(F)(F)F)c3)cc21)c1cc(Cl)cc(C(F)(F)F)c1. The molecule has 32 heavy (non-hydrogen) atoms. The van der Waals surface area contributed by atoms with Crippen LogP contribution in [0.15, 0.2) is 42.6 Å². The van der Waals surface area contributed by atoms with Crippen LogP contribution in [0.2, 0.25) is 5.02 Å². The standard InChI is InChI=1S/C20H13ClF6N4O/c21-13-6-11(5-12(8-13)19(22,23)24)18(32)29-14-2-4-31-16(14)9-15(30-31)10-1-3-28-17(7-10)20(25,26)27/h1,3,5-9,14H,2,4H2,(H,29,32). The summed E-state index contributed by atoms with van der Waals surface area (Å²) in [5, 5.41) is 6.68. The van der Waals surface area contributed by atoms with Gasteiger partial charge >= 0.3 is 12.4 Å². The van der Waals surface area contributed by atoms with Gasteiger partial charge in [0, 0.05) is 28.9 Å². The van der Waals surface area contributed by atoms with Crippen LogP contribution in [0.3, 0.4) is 0 Å². The lowest BCUT2D eigenvalue weighted by molar-refractivity contribution is -0.141. The summed E-state index contributed by atoms with van der Waals surface area (Å²) >= 11 is 5.73. The number of amides is 1. The van der Waals surface area contributed by atoms with Crippen molar-refractivity contribution in [2.45, 2.75) is 31.4 Å². The fourth-order valence-corrected chi connectivity index (χ4v) is 3.68. The van der Waals surface area contributed by atoms with Crippen molar-refractivity contribution >= 4 is 17.5 Å². The van der Waals surface area contributed by atoms with E-state index in [1.807, 2.05) is 0 Å². The summed E-state index contributed by atoms with van der Waals surface area (Å²) < 4.78 is 79.3. The predicted octanol–water partition coefficient (Wildman–Crippen LogP) is 5.51. The van der Waals surface area contributed by atoms with E-state index in [0.717, 1.165) is 24.4 Å². The molecule has 0 radical (unpaired) electrons. The van der Waals surface area contributed by atoms with Crippen LogP contribution >= 0.6 is 11.6 Å². The van der Waals surface area contributed by atoms with E-state index in [-0.39, 0.29) is 21.8 Å². The van der Waals surface area contributed by atoms with Crippen molar-refractivity contribution < 1.29 is 31.1 Å². The molecule has 12 heteroatoms. The number of carbonyl (C=O) groups excluding carboxylic acids is 1. The number of nitrogens with zero attached hydrogens (tertiary/aromatic N) is 3. The van der Waals surface area contributed by atoms with E-state index in [0.29, 0.717) is 24.7 Å². The molecule has 1 N–H and O–H groups in total. The molecule has 0 spiro atoms. The molecule has 0 fully saturated rings. The van der Waals surface area contributed by atoms with Gasteiger partial charge in [0.25, 0.3) is 5.91 Å². The molecule has 5 nitrogen and oxygen atoms in total. The van der Waals surface area contributed by atoms with Crippen molar-refractivity contribution in [1.29, 1.82) is 0 Å². The molecule has 3 heterocycles. The number of aryl methyl sites for hydroxylation is 1. The van der Waals surface area contributed by atoms with Gasteiger partial charge in [0.2, 0.25) is 0 Å². The number of alkyl halides is 6. The van der Waals surface area contributed by atoms with Gasteiger partial charge in [-0.25, -0.2) is 0 Å². The van der Waals surface area contributed by atoms with Gasteiger partial charge in [0.05, 0.1) is 23.0 Å². The number of aromatic nitrogens is 3. The van der Waals surface area contributed by atoms with Crippen LogP contribution < -0.4 is 5.32 Å². The molecule has 1 aliphatic rings. The Kier molecular flexibility index (Phi) is 5.40. The minimum Gasteiger partial charge on any atom is -0.344 e. The zero-order valence-corrected chi connectivity index (χ0v) is 16.7. The van der Waals surface area contributed by atoms with Gasteiger partial charge in [0.15, 0.2) is 0 Å². The van der Waals surface area contributed by atoms with Gasteiger partial charge < -0.3 is 5.32 Å². The van der Waals surface area contributed by atoms with Gasteiger partial charge in [0.1, 0.15) is 5.69 Å². The van der Waals surface area contributed by atoms with Crippen LogP contribution in [0.5, 0.6) is 0 Å². The normalized spacial score (nSPS) is 16.2. The number of fused-ring (bicyclic) bond motifs is 1. The van der Waals surface area contributed by atoms with E-state index in [1.165, 1.54) is 16.8 Å². The minimum absolute atomic E-state index is 0.198. The summed E-state index contributed by atoms with van der Waals surface area (Å²) in [4.78, 5) is 15.9. The Morgan fingerprint density at radius 2 is 1.81 bits per heavy atom. The molecule has 1 amide bonds. The molecule has 2 aromatic heterocycles. The van der Waals surface area contributed by atoms with E-state index in [4.69, 9.17) is 11.6 Å². The third kappa shape index (κ3) is 4.43. The number of halogens is 7. The Bertz CT molecular complexity index is 1190. The van der Waals surface area contributed by atoms with Crippen molar-refractivity contribution in [3.63, 3.8) is 0 Å². The molecule has 1 aliphatic heterocycles. The zero-order chi connectivity index (χ0) is 23.3. The Balaban J connectivity index is 1.57. The Morgan fingerprint density at radius 3 is 2.50 bits per heavy atom. The topological polar surface area (TPSA) is 59.8 Å². The highest BCUT2D eigenvalue weighted by molar-refractivity contribution is 6.31. The summed E-state index contributed by atoms with van der Waals surface area (Å²) in [6, 6.07) is 5.75. The van der Waals surface area contributed by atoms with Crippen molar-refractivity contribution in [2.75, 3.05) is 0 Å². The van der Waals surface area contributed by atoms with Gasteiger partial charge in [-0.05, 0) is 42.8 Å². The molecule has 0 bridgehead atoms. The van der Waals surface area contributed by atoms with Crippen LogP contribution in [0, 0.1) is 0 Å². The van der Waals surface area contributed by atoms with E-state index in [2.05, 4.69) is 15.4 Å². The number of hydrogen-bond acceptors (Lipinski definition) is 3. The number of benzene rings is 1. The van der Waals surface area contributed by atoms with Gasteiger partial charge in [-0.2, -0.15) is 31.4 Å². The fourth-order valence-electron chi connectivity index (χ4n) is 3.45. The monoisotopic (exact) mass is 474 g/mol. The molecule has 1 unspecified atom stereocenters. The molecule has 0 saturated carbocycles. The maximum Gasteiger partial charge on any atom is 0.433 e. The number of rotatable bonds is 3. The first-order chi connectivity index (χ1) is 14.9. The van der Waals surface area contributed by atoms with Crippen LogP contribution in [0.25, 0.3) is 11.3 Å². The Labute approximate surface area is 182 Å². The van der Waals surface area contributed by atoms with Crippen molar-refractivity contribution in [2.24, 2.45) is 0 Å². The van der Waals surface area contributed by atoms with E-state index >= 15 is 0 Å². The maximum absolute atomic E-state index is 13.0. The highest BCUT2D eigenvalue weighted by atomic mass is 35.5. The summed E-state index contributed by atoms with van der Waals surface area (Å²) in [5.41, 5.74) is -1.39. The quantitative estimate of drug-likeness (QED) is 0.509. The second-order valence-corrected chi connectivity index (χ2v) is 7.58. The van der Waals surface area contributed by atoms with E-state index < -0.39 is 35.6 Å². The van der Waals surface area contributed by atoms with Gasteiger partial charge in [-0.1, -0.05) is 11.6 Å². The molecular formula is C20H13ClF6N4O. The molecular weight excluding hydrogens is 462 g/mol. The third-order valence-electron chi connectivity index (χ3n) is 4.94. The average molecular weight is 475 g/mol. The van der Waals surface area contributed by atoms with Crippen LogP contribution in [-0.2, 0) is 18.9 Å². The largest absolute Gasteiger partial charge is 0.433 e. The minimum atomic E-state index is -4.67. The third-order valence-corrected chi connectivity index (χ3v) is 5.15. The predicted molar refractivity (Wildman–Crippen MR) is 102 cm³/mol. The number of carbonyl (C=O) groups is 1. The Hall–Kier alpha value is -3.08. The lowest BCUT2D eigenvalue weighted by Crippen LogP contribution is -2.27. The molecule has 1 atom stereocenters. The summed E-state index contributed by atoms with van der Waals surface area (Å²) in [7, 11) is 0. The zero-order valence-electron chi connectivity index (χ0n) is 15.9. The Morgan fingerprint density at radius 1 is 1.06 bits per heavy atom. The summed E-state index contributed by atoms with van der Waals surface area (Å²) in [6.07, 6.45) is -7.83. The van der Waals surface area contributed by atoms with Crippen molar-refractivity contribution in [3.05, 3.63) is 70.1 Å². The second kappa shape index (κ2) is 7.80. The van der Waals surface area contributed by atoms with Crippen molar-refractivity contribution in [1.82, 2.24) is 20.1 Å². The lowest BCUT2D eigenvalue weighted by Gasteiger charge is -2.14. The first kappa shape index (κ1) is 22.1. The average Bonchev–Trinajstić information content (AvgIpc) is 3.28. The fraction of sp³-hybridized carbons (Fsp3) is 0.250. The summed E-state index contributed by atoms with van der Waals surface area (Å²) in [5.74, 6) is -0.762. The molecule has 0 aliphatic carbocycles. The van der Waals surface area contributed by atoms with Gasteiger partial charge in [-0.15, -0.1) is 0 Å². The molecule has 0 saturated heterocycles. The molecule has 168 valence electrons. The number of nitrogens with one attached hydrogen (secondary N) is 1. The smallest absolute Gasteiger partial charge is 0.344 e. The molecule has 1 aromatic carbocycles. The summed E-state index contributed by atoms with van der Waals surface area (Å²) in [6.45, 7) is 0.376. The first-order valence-electron chi connectivity index (χ1n) is 9.22. The number of pyridine rings is 1. The first-order valence-corrected chi connectivity index (χ1v) is 9.59. The maximum atomic E-state index is 13.0. The second-order valence-electron chi connectivity index (χ2n) is 7.15. The number of hydrogen-bond donors (Lipinski definition) is 1. The van der Waals surface area contributed by atoms with E-state index in [1.54, 1.807) is 0 Å². The van der Waals surface area contributed by atoms with Crippen LogP contribution in [0.4, 0.5) is 26.3 Å². The van der Waals surface area contributed by atoms with Crippen molar-refractivity contribution in [3.8, 4) is 11.3 Å². The lowest BCUT2D eigenvalue weighted by atomic mass is 10.1. The van der Waals surface area contributed by atoms with Crippen LogP contribution in [0.1, 0.15) is 39.8 Å². The van der Waals surface area contributed by atoms with E-state index in [9.17, 15) is 31.1 Å². The molecule has 3 aromatic rings. The highest BCUT2D eigenvalue weighted by Gasteiger charge is 2.34. The van der Waals surface area contributed by atoms with Gasteiger partial charge in [-0.3, -0.25) is 14.5 Å². The van der Waals surface area contributed by atoms with Crippen LogP contribution in [-0.4, -0.2) is 20.7 Å². The molecule has 4 rings (SSSR count).